The molecule has 1 saturated carbocycles. The molecule has 1 heterocycles. The molecule has 4 nitrogen and oxygen atoms in total. The van der Waals surface area contributed by atoms with Gasteiger partial charge in [-0.2, -0.15) is 0 Å². The standard InChI is InChI=1S/C17H25NO3/c1-19-14-8-13(9-15(10-14)20-2)16-11-18-12-17(21-16)6-4-3-5-7-17/h8-10,16,18H,3-7,11-12H2,1-2H3. The molecule has 1 atom stereocenters. The second-order valence-corrected chi connectivity index (χ2v) is 6.13. The molecule has 3 rings (SSSR count). The van der Waals surface area contributed by atoms with E-state index in [0.29, 0.717) is 0 Å². The molecule has 0 bridgehead atoms. The first-order valence-electron chi connectivity index (χ1n) is 7.86. The smallest absolute Gasteiger partial charge is 0.122 e. The van der Waals surface area contributed by atoms with Crippen molar-refractivity contribution in [1.82, 2.24) is 5.32 Å². The Balaban J connectivity index is 1.82. The molecule has 116 valence electrons. The second-order valence-electron chi connectivity index (χ2n) is 6.13. The average molecular weight is 291 g/mol. The molecule has 1 aromatic carbocycles. The van der Waals surface area contributed by atoms with Gasteiger partial charge in [-0.05, 0) is 30.5 Å². The summed E-state index contributed by atoms with van der Waals surface area (Å²) in [5, 5.41) is 3.56. The van der Waals surface area contributed by atoms with Crippen LogP contribution in [0.3, 0.4) is 0 Å². The first kappa shape index (κ1) is 14.7. The van der Waals surface area contributed by atoms with Crippen LogP contribution in [0.25, 0.3) is 0 Å². The Morgan fingerprint density at radius 3 is 2.33 bits per heavy atom. The zero-order valence-corrected chi connectivity index (χ0v) is 13.0. The van der Waals surface area contributed by atoms with Gasteiger partial charge in [0.15, 0.2) is 0 Å². The van der Waals surface area contributed by atoms with Crippen molar-refractivity contribution < 1.29 is 14.2 Å². The fourth-order valence-electron chi connectivity index (χ4n) is 3.51. The first-order valence-corrected chi connectivity index (χ1v) is 7.86. The predicted molar refractivity (Wildman–Crippen MR) is 82.1 cm³/mol. The van der Waals surface area contributed by atoms with Gasteiger partial charge < -0.3 is 19.5 Å². The zero-order valence-electron chi connectivity index (χ0n) is 13.0. The lowest BCUT2D eigenvalue weighted by atomic mass is 9.83. The van der Waals surface area contributed by atoms with Crippen LogP contribution in [0.5, 0.6) is 11.5 Å². The maximum Gasteiger partial charge on any atom is 0.122 e. The van der Waals surface area contributed by atoms with E-state index in [0.717, 1.165) is 43.0 Å². The van der Waals surface area contributed by atoms with Crippen LogP contribution in [-0.4, -0.2) is 32.9 Å². The van der Waals surface area contributed by atoms with Gasteiger partial charge in [0, 0.05) is 19.2 Å². The number of nitrogens with one attached hydrogen (secondary N) is 1. The highest BCUT2D eigenvalue weighted by Gasteiger charge is 2.38. The Bertz CT molecular complexity index is 455. The predicted octanol–water partition coefficient (Wildman–Crippen LogP) is 3.07. The van der Waals surface area contributed by atoms with E-state index < -0.39 is 0 Å². The molecular weight excluding hydrogens is 266 g/mol. The molecule has 2 aliphatic rings. The van der Waals surface area contributed by atoms with Crippen LogP contribution in [0.1, 0.15) is 43.8 Å². The van der Waals surface area contributed by atoms with E-state index in [1.165, 1.54) is 19.3 Å². The molecule has 0 radical (unpaired) electrons. The van der Waals surface area contributed by atoms with Gasteiger partial charge in [0.1, 0.15) is 11.5 Å². The van der Waals surface area contributed by atoms with Crippen LogP contribution in [0.2, 0.25) is 0 Å². The lowest BCUT2D eigenvalue weighted by Crippen LogP contribution is -2.51. The lowest BCUT2D eigenvalue weighted by molar-refractivity contribution is -0.135. The van der Waals surface area contributed by atoms with Gasteiger partial charge >= 0.3 is 0 Å². The zero-order chi connectivity index (χ0) is 14.7. The van der Waals surface area contributed by atoms with E-state index >= 15 is 0 Å². The minimum absolute atomic E-state index is 0.0253. The quantitative estimate of drug-likeness (QED) is 0.929. The van der Waals surface area contributed by atoms with Crippen molar-refractivity contribution in [2.75, 3.05) is 27.3 Å². The van der Waals surface area contributed by atoms with Crippen molar-refractivity contribution in [2.45, 2.75) is 43.8 Å². The van der Waals surface area contributed by atoms with Crippen molar-refractivity contribution in [3.05, 3.63) is 23.8 Å². The van der Waals surface area contributed by atoms with Crippen LogP contribution in [-0.2, 0) is 4.74 Å². The van der Waals surface area contributed by atoms with Crippen LogP contribution < -0.4 is 14.8 Å². The van der Waals surface area contributed by atoms with Gasteiger partial charge in [-0.25, -0.2) is 0 Å². The molecule has 1 saturated heterocycles. The monoisotopic (exact) mass is 291 g/mol. The van der Waals surface area contributed by atoms with Gasteiger partial charge in [0.05, 0.1) is 25.9 Å². The van der Waals surface area contributed by atoms with Crippen molar-refractivity contribution in [3.63, 3.8) is 0 Å². The number of ether oxygens (including phenoxy) is 3. The Kier molecular flexibility index (Phi) is 4.36. The van der Waals surface area contributed by atoms with Gasteiger partial charge in [0.25, 0.3) is 0 Å². The lowest BCUT2D eigenvalue weighted by Gasteiger charge is -2.44. The third kappa shape index (κ3) is 3.16. The molecule has 1 aliphatic carbocycles. The van der Waals surface area contributed by atoms with Crippen molar-refractivity contribution in [3.8, 4) is 11.5 Å². The van der Waals surface area contributed by atoms with Crippen LogP contribution in [0.15, 0.2) is 18.2 Å². The average Bonchev–Trinajstić information content (AvgIpc) is 2.55. The second kappa shape index (κ2) is 6.24. The first-order chi connectivity index (χ1) is 10.2. The van der Waals surface area contributed by atoms with E-state index in [1.54, 1.807) is 14.2 Å². The maximum atomic E-state index is 6.53. The van der Waals surface area contributed by atoms with Crippen LogP contribution in [0, 0.1) is 0 Å². The summed E-state index contributed by atoms with van der Waals surface area (Å²) < 4.78 is 17.3. The van der Waals surface area contributed by atoms with Gasteiger partial charge in [-0.3, -0.25) is 0 Å². The molecule has 1 unspecified atom stereocenters. The van der Waals surface area contributed by atoms with Crippen molar-refractivity contribution >= 4 is 0 Å². The largest absolute Gasteiger partial charge is 0.497 e. The van der Waals surface area contributed by atoms with Gasteiger partial charge in [0.2, 0.25) is 0 Å². The fourth-order valence-corrected chi connectivity index (χ4v) is 3.51. The summed E-state index contributed by atoms with van der Waals surface area (Å²) in [6.45, 7) is 1.82. The highest BCUT2D eigenvalue weighted by Crippen LogP contribution is 2.39. The van der Waals surface area contributed by atoms with Crippen LogP contribution in [0.4, 0.5) is 0 Å². The van der Waals surface area contributed by atoms with E-state index in [1.807, 2.05) is 6.07 Å². The number of rotatable bonds is 3. The van der Waals surface area contributed by atoms with E-state index in [9.17, 15) is 0 Å². The topological polar surface area (TPSA) is 39.7 Å². The minimum Gasteiger partial charge on any atom is -0.497 e. The summed E-state index contributed by atoms with van der Waals surface area (Å²) in [6.07, 6.45) is 6.28. The van der Waals surface area contributed by atoms with Gasteiger partial charge in [-0.15, -0.1) is 0 Å². The Morgan fingerprint density at radius 1 is 1.05 bits per heavy atom. The molecular formula is C17H25NO3. The summed E-state index contributed by atoms with van der Waals surface area (Å²) in [5.41, 5.74) is 1.15. The number of morpholine rings is 1. The number of hydrogen-bond acceptors (Lipinski definition) is 4. The molecule has 2 fully saturated rings. The molecule has 4 heteroatoms. The summed E-state index contributed by atoms with van der Waals surface area (Å²) in [7, 11) is 3.36. The molecule has 1 N–H and O–H groups in total. The molecule has 1 spiro atoms. The normalized spacial score (nSPS) is 24.8. The number of benzene rings is 1. The molecule has 0 aromatic heterocycles. The highest BCUT2D eigenvalue weighted by atomic mass is 16.5. The maximum absolute atomic E-state index is 6.53. The Morgan fingerprint density at radius 2 is 1.71 bits per heavy atom. The van der Waals surface area contributed by atoms with Crippen molar-refractivity contribution in [1.29, 1.82) is 0 Å². The molecule has 21 heavy (non-hydrogen) atoms. The number of hydrogen-bond donors (Lipinski definition) is 1. The fraction of sp³-hybridized carbons (Fsp3) is 0.647. The SMILES string of the molecule is COc1cc(OC)cc(C2CNCC3(CCCCC3)O2)c1. The summed E-state index contributed by atoms with van der Waals surface area (Å²) >= 11 is 0. The van der Waals surface area contributed by atoms with E-state index in [2.05, 4.69) is 17.4 Å². The third-order valence-electron chi connectivity index (χ3n) is 4.68. The Labute approximate surface area is 126 Å². The molecule has 1 aliphatic heterocycles. The van der Waals surface area contributed by atoms with E-state index in [-0.39, 0.29) is 11.7 Å². The van der Waals surface area contributed by atoms with E-state index in [4.69, 9.17) is 14.2 Å². The summed E-state index contributed by atoms with van der Waals surface area (Å²) in [4.78, 5) is 0. The van der Waals surface area contributed by atoms with Gasteiger partial charge in [-0.1, -0.05) is 19.3 Å². The highest BCUT2D eigenvalue weighted by molar-refractivity contribution is 5.39. The minimum atomic E-state index is 0.0253. The molecule has 0 amide bonds. The molecule has 1 aromatic rings. The summed E-state index contributed by atoms with van der Waals surface area (Å²) in [6, 6.07) is 6.00. The Hall–Kier alpha value is -1.26. The van der Waals surface area contributed by atoms with Crippen molar-refractivity contribution in [2.24, 2.45) is 0 Å². The summed E-state index contributed by atoms with van der Waals surface area (Å²) in [5.74, 6) is 1.63. The number of methoxy groups -OCH3 is 2. The van der Waals surface area contributed by atoms with Crippen LogP contribution >= 0.6 is 0 Å². The third-order valence-corrected chi connectivity index (χ3v) is 4.68.